The number of hydrogen-bond acceptors (Lipinski definition) is 7. The van der Waals surface area contributed by atoms with Crippen LogP contribution in [0.4, 0.5) is 0 Å². The summed E-state index contributed by atoms with van der Waals surface area (Å²) >= 11 is 1.17. The van der Waals surface area contributed by atoms with Crippen molar-refractivity contribution >= 4 is 17.6 Å². The van der Waals surface area contributed by atoms with Crippen molar-refractivity contribution in [3.63, 3.8) is 0 Å². The first-order chi connectivity index (χ1) is 12.6. The Balaban J connectivity index is 1.59. The van der Waals surface area contributed by atoms with Crippen LogP contribution >= 0.6 is 11.7 Å². The van der Waals surface area contributed by atoms with Gasteiger partial charge in [0.1, 0.15) is 5.75 Å². The summed E-state index contributed by atoms with van der Waals surface area (Å²) in [5.74, 6) is 0.573. The normalized spacial score (nSPS) is 10.7. The monoisotopic (exact) mass is 372 g/mol. The first-order valence-electron chi connectivity index (χ1n) is 8.17. The van der Waals surface area contributed by atoms with Crippen molar-refractivity contribution in [2.75, 3.05) is 13.7 Å². The number of nitrogens with one attached hydrogen (secondary N) is 1. The van der Waals surface area contributed by atoms with Gasteiger partial charge in [0.15, 0.2) is 5.69 Å². The molecule has 8 nitrogen and oxygen atoms in total. The van der Waals surface area contributed by atoms with Crippen molar-refractivity contribution in [3.05, 3.63) is 52.6 Å². The van der Waals surface area contributed by atoms with E-state index in [1.807, 2.05) is 38.1 Å². The highest BCUT2D eigenvalue weighted by molar-refractivity contribution is 6.99. The molecule has 1 N–H and O–H groups in total. The highest BCUT2D eigenvalue weighted by Crippen LogP contribution is 2.13. The predicted molar refractivity (Wildman–Crippen MR) is 97.5 cm³/mol. The Morgan fingerprint density at radius 3 is 2.88 bits per heavy atom. The van der Waals surface area contributed by atoms with Crippen LogP contribution < -0.4 is 10.1 Å². The topological polar surface area (TPSA) is 94.8 Å². The summed E-state index contributed by atoms with van der Waals surface area (Å²) in [7, 11) is 1.64. The van der Waals surface area contributed by atoms with Crippen molar-refractivity contribution < 1.29 is 9.53 Å². The van der Waals surface area contributed by atoms with Crippen molar-refractivity contribution in [3.8, 4) is 5.75 Å². The quantitative estimate of drug-likeness (QED) is 0.679. The van der Waals surface area contributed by atoms with Gasteiger partial charge < -0.3 is 10.1 Å². The van der Waals surface area contributed by atoms with Gasteiger partial charge in [0, 0.05) is 6.54 Å². The van der Waals surface area contributed by atoms with E-state index in [0.717, 1.165) is 22.7 Å². The van der Waals surface area contributed by atoms with E-state index in [-0.39, 0.29) is 5.91 Å². The summed E-state index contributed by atoms with van der Waals surface area (Å²) in [6.07, 6.45) is 0.708. The maximum absolute atomic E-state index is 12.4. The molecule has 0 aliphatic carbocycles. The average Bonchev–Trinajstić information content (AvgIpc) is 3.21. The molecule has 0 radical (unpaired) electrons. The SMILES string of the molecule is COc1cccc(CCNC(=O)c2nnn(Cc3nsnc3C)c2C)c1. The van der Waals surface area contributed by atoms with E-state index in [9.17, 15) is 4.79 Å². The van der Waals surface area contributed by atoms with Gasteiger partial charge >= 0.3 is 0 Å². The lowest BCUT2D eigenvalue weighted by molar-refractivity contribution is 0.0948. The summed E-state index contributed by atoms with van der Waals surface area (Å²) in [6, 6.07) is 7.78. The standard InChI is InChI=1S/C17H20N6O2S/c1-11-15(21-26-20-11)10-23-12(2)16(19-22-23)17(24)18-8-7-13-5-4-6-14(9-13)25-3/h4-6,9H,7-8,10H2,1-3H3,(H,18,24). The largest absolute Gasteiger partial charge is 0.497 e. The van der Waals surface area contributed by atoms with Crippen LogP contribution in [0.3, 0.4) is 0 Å². The lowest BCUT2D eigenvalue weighted by atomic mass is 10.1. The molecule has 9 heteroatoms. The number of rotatable bonds is 7. The molecule has 0 saturated carbocycles. The molecule has 26 heavy (non-hydrogen) atoms. The Morgan fingerprint density at radius 1 is 1.31 bits per heavy atom. The number of aromatic nitrogens is 5. The zero-order chi connectivity index (χ0) is 18.5. The molecule has 0 spiro atoms. The minimum absolute atomic E-state index is 0.232. The molecule has 2 aromatic heterocycles. The van der Waals surface area contributed by atoms with Crippen LogP contribution in [-0.2, 0) is 13.0 Å². The summed E-state index contributed by atoms with van der Waals surface area (Å²) in [5, 5.41) is 11.0. The van der Waals surface area contributed by atoms with Crippen molar-refractivity contribution in [1.29, 1.82) is 0 Å². The number of ether oxygens (including phenoxy) is 1. The van der Waals surface area contributed by atoms with Crippen LogP contribution in [0.15, 0.2) is 24.3 Å². The van der Waals surface area contributed by atoms with E-state index in [0.29, 0.717) is 30.9 Å². The number of carbonyl (C=O) groups excluding carboxylic acids is 1. The Kier molecular flexibility index (Phi) is 5.57. The van der Waals surface area contributed by atoms with Crippen LogP contribution in [0.1, 0.15) is 33.1 Å². The molecule has 0 bridgehead atoms. The second kappa shape index (κ2) is 8.05. The minimum Gasteiger partial charge on any atom is -0.497 e. The van der Waals surface area contributed by atoms with Gasteiger partial charge in [-0.1, -0.05) is 17.3 Å². The van der Waals surface area contributed by atoms with Gasteiger partial charge in [-0.25, -0.2) is 4.68 Å². The highest BCUT2D eigenvalue weighted by Gasteiger charge is 2.17. The van der Waals surface area contributed by atoms with E-state index in [1.54, 1.807) is 11.8 Å². The second-order valence-corrected chi connectivity index (χ2v) is 6.36. The highest BCUT2D eigenvalue weighted by atomic mass is 32.1. The van der Waals surface area contributed by atoms with E-state index in [1.165, 1.54) is 11.7 Å². The summed E-state index contributed by atoms with van der Waals surface area (Å²) in [5.41, 5.74) is 3.84. The number of aryl methyl sites for hydroxylation is 1. The maximum Gasteiger partial charge on any atom is 0.273 e. The molecule has 0 fully saturated rings. The Bertz CT molecular complexity index is 904. The van der Waals surface area contributed by atoms with E-state index >= 15 is 0 Å². The number of benzene rings is 1. The number of amides is 1. The van der Waals surface area contributed by atoms with Gasteiger partial charge in [-0.2, -0.15) is 8.75 Å². The first-order valence-corrected chi connectivity index (χ1v) is 8.90. The van der Waals surface area contributed by atoms with Crippen LogP contribution in [-0.4, -0.2) is 43.3 Å². The molecule has 3 aromatic rings. The van der Waals surface area contributed by atoms with Crippen molar-refractivity contribution in [2.24, 2.45) is 0 Å². The third-order valence-electron chi connectivity index (χ3n) is 4.08. The molecule has 0 aliphatic rings. The third kappa shape index (κ3) is 4.05. The zero-order valence-corrected chi connectivity index (χ0v) is 15.7. The second-order valence-electron chi connectivity index (χ2n) is 5.83. The number of carbonyl (C=O) groups is 1. The minimum atomic E-state index is -0.232. The average molecular weight is 372 g/mol. The van der Waals surface area contributed by atoms with Gasteiger partial charge in [0.05, 0.1) is 42.5 Å². The van der Waals surface area contributed by atoms with Crippen LogP contribution in [0.2, 0.25) is 0 Å². The molecule has 136 valence electrons. The fourth-order valence-corrected chi connectivity index (χ4v) is 3.04. The third-order valence-corrected chi connectivity index (χ3v) is 4.73. The fourth-order valence-electron chi connectivity index (χ4n) is 2.49. The lowest BCUT2D eigenvalue weighted by Crippen LogP contribution is -2.26. The zero-order valence-electron chi connectivity index (χ0n) is 14.9. The summed E-state index contributed by atoms with van der Waals surface area (Å²) in [4.78, 5) is 12.4. The van der Waals surface area contributed by atoms with Crippen LogP contribution in [0.25, 0.3) is 0 Å². The molecule has 3 rings (SSSR count). The Morgan fingerprint density at radius 2 is 2.15 bits per heavy atom. The van der Waals surface area contributed by atoms with Gasteiger partial charge in [0.25, 0.3) is 5.91 Å². The Hall–Kier alpha value is -2.81. The van der Waals surface area contributed by atoms with Gasteiger partial charge in [-0.05, 0) is 38.0 Å². The number of hydrogen-bond donors (Lipinski definition) is 1. The molecular formula is C17H20N6O2S. The van der Waals surface area contributed by atoms with E-state index < -0.39 is 0 Å². The van der Waals surface area contributed by atoms with Gasteiger partial charge in [0.2, 0.25) is 0 Å². The van der Waals surface area contributed by atoms with E-state index in [2.05, 4.69) is 24.4 Å². The molecule has 0 saturated heterocycles. The summed E-state index contributed by atoms with van der Waals surface area (Å²) in [6.45, 7) is 4.69. The molecule has 0 unspecified atom stereocenters. The summed E-state index contributed by atoms with van der Waals surface area (Å²) < 4.78 is 15.3. The fraction of sp³-hybridized carbons (Fsp3) is 0.353. The molecule has 2 heterocycles. The molecule has 1 amide bonds. The van der Waals surface area contributed by atoms with E-state index in [4.69, 9.17) is 4.74 Å². The smallest absolute Gasteiger partial charge is 0.273 e. The number of nitrogens with zero attached hydrogens (tertiary/aromatic N) is 5. The van der Waals surface area contributed by atoms with Crippen LogP contribution in [0, 0.1) is 13.8 Å². The Labute approximate surface area is 155 Å². The predicted octanol–water partition coefficient (Wildman–Crippen LogP) is 1.78. The number of methoxy groups -OCH3 is 1. The first kappa shape index (κ1) is 18.0. The van der Waals surface area contributed by atoms with Crippen molar-refractivity contribution in [1.82, 2.24) is 29.1 Å². The molecule has 0 aliphatic heterocycles. The molecule has 1 aromatic carbocycles. The van der Waals surface area contributed by atoms with Crippen LogP contribution in [0.5, 0.6) is 5.75 Å². The van der Waals surface area contributed by atoms with Gasteiger partial charge in [-0.15, -0.1) is 5.10 Å². The van der Waals surface area contributed by atoms with Crippen molar-refractivity contribution in [2.45, 2.75) is 26.8 Å². The van der Waals surface area contributed by atoms with Gasteiger partial charge in [-0.3, -0.25) is 4.79 Å². The molecular weight excluding hydrogens is 352 g/mol. The molecule has 0 atom stereocenters. The lowest BCUT2D eigenvalue weighted by Gasteiger charge is -2.06. The maximum atomic E-state index is 12.4.